The first kappa shape index (κ1) is 17.8. The van der Waals surface area contributed by atoms with Crippen LogP contribution in [0.15, 0.2) is 24.3 Å². The van der Waals surface area contributed by atoms with Gasteiger partial charge in [0.2, 0.25) is 5.91 Å². The zero-order chi connectivity index (χ0) is 16.7. The van der Waals surface area contributed by atoms with E-state index < -0.39 is 0 Å². The van der Waals surface area contributed by atoms with E-state index in [1.165, 1.54) is 0 Å². The van der Waals surface area contributed by atoms with E-state index >= 15 is 0 Å². The number of unbranched alkanes of at least 4 members (excludes halogenated alkanes) is 1. The van der Waals surface area contributed by atoms with Crippen LogP contribution in [0.4, 0.5) is 0 Å². The van der Waals surface area contributed by atoms with Gasteiger partial charge in [-0.2, -0.15) is 0 Å². The second-order valence-electron chi connectivity index (χ2n) is 6.29. The Morgan fingerprint density at radius 1 is 1.26 bits per heavy atom. The molecule has 0 spiro atoms. The summed E-state index contributed by atoms with van der Waals surface area (Å²) in [6, 6.07) is 8.37. The lowest BCUT2D eigenvalue weighted by Gasteiger charge is -2.35. The Hall–Kier alpha value is -1.55. The fourth-order valence-electron chi connectivity index (χ4n) is 3.01. The molecule has 128 valence electrons. The van der Waals surface area contributed by atoms with Gasteiger partial charge in [-0.15, -0.1) is 0 Å². The van der Waals surface area contributed by atoms with Crippen molar-refractivity contribution in [3.8, 4) is 5.75 Å². The molecule has 0 radical (unpaired) electrons. The number of nitrogens with one attached hydrogen (secondary N) is 1. The smallest absolute Gasteiger partial charge is 0.217 e. The molecule has 0 aromatic heterocycles. The SMILES string of the molecule is CCCCOc1ccc([C@@H]2C[C@H](NC(C)=O)C[C@H](CC)O2)cc1. The highest BCUT2D eigenvalue weighted by Gasteiger charge is 2.29. The fourth-order valence-corrected chi connectivity index (χ4v) is 3.01. The molecular weight excluding hydrogens is 290 g/mol. The van der Waals surface area contributed by atoms with Crippen molar-refractivity contribution < 1.29 is 14.3 Å². The van der Waals surface area contributed by atoms with Crippen LogP contribution in [0.3, 0.4) is 0 Å². The molecule has 1 aromatic rings. The van der Waals surface area contributed by atoms with Crippen LogP contribution in [0.25, 0.3) is 0 Å². The quantitative estimate of drug-likeness (QED) is 0.773. The third-order valence-corrected chi connectivity index (χ3v) is 4.28. The van der Waals surface area contributed by atoms with Gasteiger partial charge < -0.3 is 14.8 Å². The van der Waals surface area contributed by atoms with Gasteiger partial charge in [0.25, 0.3) is 0 Å². The Balaban J connectivity index is 1.99. The molecule has 4 heteroatoms. The Morgan fingerprint density at radius 3 is 2.61 bits per heavy atom. The Bertz CT molecular complexity index is 486. The van der Waals surface area contributed by atoms with Gasteiger partial charge >= 0.3 is 0 Å². The van der Waals surface area contributed by atoms with Crippen LogP contribution < -0.4 is 10.1 Å². The maximum atomic E-state index is 11.4. The molecule has 0 aliphatic carbocycles. The van der Waals surface area contributed by atoms with Gasteiger partial charge in [0, 0.05) is 13.0 Å². The lowest BCUT2D eigenvalue weighted by Crippen LogP contribution is -2.42. The van der Waals surface area contributed by atoms with Crippen molar-refractivity contribution in [1.82, 2.24) is 5.32 Å². The van der Waals surface area contributed by atoms with Gasteiger partial charge in [0.15, 0.2) is 0 Å². The lowest BCUT2D eigenvalue weighted by atomic mass is 9.93. The molecule has 4 nitrogen and oxygen atoms in total. The molecule has 3 atom stereocenters. The summed E-state index contributed by atoms with van der Waals surface area (Å²) in [5.74, 6) is 0.939. The van der Waals surface area contributed by atoms with E-state index in [0.29, 0.717) is 0 Å². The molecule has 1 fully saturated rings. The number of carbonyl (C=O) groups excluding carboxylic acids is 1. The molecule has 0 saturated carbocycles. The largest absolute Gasteiger partial charge is 0.494 e. The standard InChI is InChI=1S/C19H29NO3/c1-4-6-11-22-18-9-7-15(8-10-18)19-13-16(20-14(3)21)12-17(5-2)23-19/h7-10,16-17,19H,4-6,11-13H2,1-3H3,(H,20,21)/t16-,17+,19+/m1/s1. The summed E-state index contributed by atoms with van der Waals surface area (Å²) >= 11 is 0. The molecule has 0 unspecified atom stereocenters. The van der Waals surface area contributed by atoms with E-state index in [9.17, 15) is 4.79 Å². The van der Waals surface area contributed by atoms with E-state index in [1.807, 2.05) is 12.1 Å². The summed E-state index contributed by atoms with van der Waals surface area (Å²) in [5, 5.41) is 3.05. The van der Waals surface area contributed by atoms with Crippen molar-refractivity contribution >= 4 is 5.91 Å². The molecule has 2 rings (SSSR count). The van der Waals surface area contributed by atoms with Gasteiger partial charge in [-0.3, -0.25) is 4.79 Å². The van der Waals surface area contributed by atoms with Crippen LogP contribution >= 0.6 is 0 Å². The van der Waals surface area contributed by atoms with E-state index in [0.717, 1.165) is 50.0 Å². The van der Waals surface area contributed by atoms with Gasteiger partial charge in [-0.25, -0.2) is 0 Å². The average Bonchev–Trinajstić information content (AvgIpc) is 2.55. The van der Waals surface area contributed by atoms with Crippen molar-refractivity contribution in [2.45, 2.75) is 71.1 Å². The van der Waals surface area contributed by atoms with Gasteiger partial charge in [-0.1, -0.05) is 32.4 Å². The van der Waals surface area contributed by atoms with E-state index in [2.05, 4.69) is 31.3 Å². The zero-order valence-electron chi connectivity index (χ0n) is 14.5. The summed E-state index contributed by atoms with van der Waals surface area (Å²) in [4.78, 5) is 11.4. The van der Waals surface area contributed by atoms with Crippen molar-refractivity contribution in [2.24, 2.45) is 0 Å². The Labute approximate surface area is 139 Å². The van der Waals surface area contributed by atoms with Crippen LogP contribution in [0.2, 0.25) is 0 Å². The van der Waals surface area contributed by atoms with Gasteiger partial charge in [0.05, 0.1) is 18.8 Å². The summed E-state index contributed by atoms with van der Waals surface area (Å²) in [5.41, 5.74) is 1.15. The minimum absolute atomic E-state index is 0.0326. The third-order valence-electron chi connectivity index (χ3n) is 4.28. The molecular formula is C19H29NO3. The molecule has 23 heavy (non-hydrogen) atoms. The molecule has 0 bridgehead atoms. The van der Waals surface area contributed by atoms with Crippen LogP contribution in [0, 0.1) is 0 Å². The van der Waals surface area contributed by atoms with Crippen molar-refractivity contribution in [2.75, 3.05) is 6.61 Å². The van der Waals surface area contributed by atoms with Crippen molar-refractivity contribution in [1.29, 1.82) is 0 Å². The van der Waals surface area contributed by atoms with E-state index in [1.54, 1.807) is 6.92 Å². The first-order chi connectivity index (χ1) is 11.1. The first-order valence-corrected chi connectivity index (χ1v) is 8.77. The van der Waals surface area contributed by atoms with Crippen LogP contribution in [-0.4, -0.2) is 24.7 Å². The van der Waals surface area contributed by atoms with Crippen molar-refractivity contribution in [3.63, 3.8) is 0 Å². The van der Waals surface area contributed by atoms with Crippen LogP contribution in [0.5, 0.6) is 5.75 Å². The lowest BCUT2D eigenvalue weighted by molar-refractivity contribution is -0.122. The summed E-state index contributed by atoms with van der Waals surface area (Å²) in [6.07, 6.45) is 5.13. The van der Waals surface area contributed by atoms with E-state index in [4.69, 9.17) is 9.47 Å². The number of rotatable bonds is 7. The predicted octanol–water partition coefficient (Wildman–Crippen LogP) is 4.00. The highest BCUT2D eigenvalue weighted by atomic mass is 16.5. The molecule has 1 aliphatic rings. The average molecular weight is 319 g/mol. The minimum Gasteiger partial charge on any atom is -0.494 e. The molecule has 1 saturated heterocycles. The van der Waals surface area contributed by atoms with Crippen LogP contribution in [0.1, 0.15) is 64.5 Å². The van der Waals surface area contributed by atoms with Crippen molar-refractivity contribution in [3.05, 3.63) is 29.8 Å². The Morgan fingerprint density at radius 2 is 2.00 bits per heavy atom. The number of hydrogen-bond donors (Lipinski definition) is 1. The highest BCUT2D eigenvalue weighted by Crippen LogP contribution is 2.33. The van der Waals surface area contributed by atoms with Crippen LogP contribution in [-0.2, 0) is 9.53 Å². The van der Waals surface area contributed by atoms with Gasteiger partial charge in [0.1, 0.15) is 5.75 Å². The maximum absolute atomic E-state index is 11.4. The molecule has 1 aromatic carbocycles. The number of benzene rings is 1. The highest BCUT2D eigenvalue weighted by molar-refractivity contribution is 5.73. The minimum atomic E-state index is 0.0326. The normalized spacial score (nSPS) is 24.2. The predicted molar refractivity (Wildman–Crippen MR) is 91.6 cm³/mol. The number of ether oxygens (including phenoxy) is 2. The second-order valence-corrected chi connectivity index (χ2v) is 6.29. The molecule has 1 heterocycles. The monoisotopic (exact) mass is 319 g/mol. The topological polar surface area (TPSA) is 47.6 Å². The first-order valence-electron chi connectivity index (χ1n) is 8.77. The number of hydrogen-bond acceptors (Lipinski definition) is 3. The summed E-state index contributed by atoms with van der Waals surface area (Å²) in [6.45, 7) is 6.62. The fraction of sp³-hybridized carbons (Fsp3) is 0.632. The Kier molecular flexibility index (Phi) is 6.90. The summed E-state index contributed by atoms with van der Waals surface area (Å²) < 4.78 is 11.9. The van der Waals surface area contributed by atoms with Gasteiger partial charge in [-0.05, 0) is 43.4 Å². The number of carbonyl (C=O) groups is 1. The second kappa shape index (κ2) is 8.92. The third kappa shape index (κ3) is 5.54. The zero-order valence-corrected chi connectivity index (χ0v) is 14.5. The van der Waals surface area contributed by atoms with E-state index in [-0.39, 0.29) is 24.2 Å². The summed E-state index contributed by atoms with van der Waals surface area (Å²) in [7, 11) is 0. The molecule has 1 N–H and O–H groups in total. The molecule has 1 amide bonds. The maximum Gasteiger partial charge on any atom is 0.217 e. The number of amides is 1. The molecule has 1 aliphatic heterocycles.